The van der Waals surface area contributed by atoms with E-state index >= 15 is 0 Å². The van der Waals surface area contributed by atoms with Gasteiger partial charge in [0.25, 0.3) is 0 Å². The Bertz CT molecular complexity index is 735. The number of fused-ring (bicyclic) bond motifs is 1. The van der Waals surface area contributed by atoms with Crippen LogP contribution in [0.4, 0.5) is 10.1 Å². The fourth-order valence-electron chi connectivity index (χ4n) is 2.89. The number of halogens is 2. The Labute approximate surface area is 153 Å². The molecule has 1 amide bonds. The van der Waals surface area contributed by atoms with E-state index in [1.165, 1.54) is 0 Å². The highest BCUT2D eigenvalue weighted by Crippen LogP contribution is 2.24. The smallest absolute Gasteiger partial charge is 0.224 e. The Morgan fingerprint density at radius 1 is 1.24 bits per heavy atom. The zero-order chi connectivity index (χ0) is 16.9. The van der Waals surface area contributed by atoms with E-state index < -0.39 is 0 Å². The molecule has 0 spiro atoms. The first kappa shape index (κ1) is 19.2. The number of carbonyl (C=O) groups excluding carboxylic acids is 1. The van der Waals surface area contributed by atoms with Crippen molar-refractivity contribution in [3.05, 3.63) is 58.9 Å². The van der Waals surface area contributed by atoms with Crippen LogP contribution in [-0.2, 0) is 24.2 Å². The molecule has 2 aromatic rings. The average molecular weight is 365 g/mol. The number of ether oxygens (including phenoxy) is 1. The number of aryl methyl sites for hydroxylation is 1. The molecule has 1 aliphatic rings. The Morgan fingerprint density at radius 2 is 2.00 bits per heavy atom. The van der Waals surface area contributed by atoms with Crippen LogP contribution in [0.25, 0.3) is 0 Å². The quantitative estimate of drug-likeness (QED) is 0.854. The molecule has 2 aromatic carbocycles. The van der Waals surface area contributed by atoms with Gasteiger partial charge < -0.3 is 15.4 Å². The summed E-state index contributed by atoms with van der Waals surface area (Å²) in [6, 6.07) is 11.1. The lowest BCUT2D eigenvalue weighted by Crippen LogP contribution is -2.25. The van der Waals surface area contributed by atoms with Gasteiger partial charge in [-0.25, -0.2) is 4.39 Å². The maximum atomic E-state index is 14.5. The predicted octanol–water partition coefficient (Wildman–Crippen LogP) is 3.47. The van der Waals surface area contributed by atoms with Gasteiger partial charge in [0.2, 0.25) is 5.91 Å². The summed E-state index contributed by atoms with van der Waals surface area (Å²) < 4.78 is 19.6. The van der Waals surface area contributed by atoms with E-state index in [-0.39, 0.29) is 29.8 Å². The Balaban J connectivity index is 0.00000225. The van der Waals surface area contributed by atoms with Crippen molar-refractivity contribution in [3.8, 4) is 5.75 Å². The van der Waals surface area contributed by atoms with Crippen LogP contribution in [0.15, 0.2) is 36.4 Å². The van der Waals surface area contributed by atoms with Gasteiger partial charge in [-0.1, -0.05) is 18.2 Å². The van der Waals surface area contributed by atoms with E-state index in [0.29, 0.717) is 31.4 Å². The molecule has 0 unspecified atom stereocenters. The standard InChI is InChI=1S/C19H21FN2O2.ClH/c1-24-15-6-2-13(3-7-15)4-9-18(23)22-17-8-5-14-12-21-11-10-16(14)19(17)20;/h2-3,5-8,21H,4,9-12H2,1H3,(H,22,23);1H. The van der Waals surface area contributed by atoms with Gasteiger partial charge in [0.15, 0.2) is 0 Å². The molecule has 4 nitrogen and oxygen atoms in total. The van der Waals surface area contributed by atoms with E-state index in [0.717, 1.165) is 23.4 Å². The second-order valence-corrected chi connectivity index (χ2v) is 5.89. The van der Waals surface area contributed by atoms with Crippen LogP contribution in [0.2, 0.25) is 0 Å². The minimum atomic E-state index is -0.299. The van der Waals surface area contributed by atoms with Crippen LogP contribution in [0.5, 0.6) is 5.75 Å². The molecule has 134 valence electrons. The zero-order valence-corrected chi connectivity index (χ0v) is 14.9. The molecule has 0 atom stereocenters. The van der Waals surface area contributed by atoms with Crippen molar-refractivity contribution in [1.29, 1.82) is 0 Å². The number of hydrogen-bond acceptors (Lipinski definition) is 3. The van der Waals surface area contributed by atoms with Crippen molar-refractivity contribution in [2.75, 3.05) is 19.0 Å². The lowest BCUT2D eigenvalue weighted by Gasteiger charge is -2.19. The molecule has 0 radical (unpaired) electrons. The number of methoxy groups -OCH3 is 1. The third kappa shape index (κ3) is 4.71. The maximum Gasteiger partial charge on any atom is 0.224 e. The SMILES string of the molecule is COc1ccc(CCC(=O)Nc2ccc3c(c2F)CCNC3)cc1.Cl. The van der Waals surface area contributed by atoms with E-state index in [1.807, 2.05) is 30.3 Å². The van der Waals surface area contributed by atoms with Crippen LogP contribution >= 0.6 is 12.4 Å². The van der Waals surface area contributed by atoms with Gasteiger partial charge in [0.05, 0.1) is 12.8 Å². The molecule has 0 bridgehead atoms. The maximum absolute atomic E-state index is 14.5. The molecule has 0 saturated heterocycles. The fourth-order valence-corrected chi connectivity index (χ4v) is 2.89. The first-order valence-electron chi connectivity index (χ1n) is 8.11. The Morgan fingerprint density at radius 3 is 2.72 bits per heavy atom. The van der Waals surface area contributed by atoms with E-state index in [2.05, 4.69) is 10.6 Å². The topological polar surface area (TPSA) is 50.4 Å². The van der Waals surface area contributed by atoms with Crippen molar-refractivity contribution >= 4 is 24.0 Å². The summed E-state index contributed by atoms with van der Waals surface area (Å²) in [6.07, 6.45) is 1.56. The van der Waals surface area contributed by atoms with Gasteiger partial charge in [0.1, 0.15) is 11.6 Å². The van der Waals surface area contributed by atoms with Gasteiger partial charge in [-0.3, -0.25) is 4.79 Å². The van der Waals surface area contributed by atoms with Gasteiger partial charge in [-0.05, 0) is 54.3 Å². The molecule has 0 fully saturated rings. The van der Waals surface area contributed by atoms with Gasteiger partial charge in [0, 0.05) is 13.0 Å². The molecule has 2 N–H and O–H groups in total. The monoisotopic (exact) mass is 364 g/mol. The van der Waals surface area contributed by atoms with Crippen molar-refractivity contribution in [1.82, 2.24) is 5.32 Å². The number of carbonyl (C=O) groups is 1. The first-order chi connectivity index (χ1) is 11.7. The molecule has 1 aliphatic heterocycles. The largest absolute Gasteiger partial charge is 0.497 e. The summed E-state index contributed by atoms with van der Waals surface area (Å²) in [6.45, 7) is 1.44. The number of hydrogen-bond donors (Lipinski definition) is 2. The van der Waals surface area contributed by atoms with E-state index in [9.17, 15) is 9.18 Å². The fraction of sp³-hybridized carbons (Fsp3) is 0.316. The van der Waals surface area contributed by atoms with Crippen molar-refractivity contribution in [3.63, 3.8) is 0 Å². The number of rotatable bonds is 5. The Hall–Kier alpha value is -2.11. The third-order valence-corrected chi connectivity index (χ3v) is 4.28. The molecule has 0 aliphatic carbocycles. The average Bonchev–Trinajstić information content (AvgIpc) is 2.63. The van der Waals surface area contributed by atoms with Crippen LogP contribution in [0, 0.1) is 5.82 Å². The lowest BCUT2D eigenvalue weighted by atomic mass is 9.99. The number of amides is 1. The first-order valence-corrected chi connectivity index (χ1v) is 8.11. The van der Waals surface area contributed by atoms with Gasteiger partial charge >= 0.3 is 0 Å². The third-order valence-electron chi connectivity index (χ3n) is 4.28. The molecule has 1 heterocycles. The normalized spacial score (nSPS) is 12.7. The molecule has 0 aromatic heterocycles. The highest BCUT2D eigenvalue weighted by Gasteiger charge is 2.17. The van der Waals surface area contributed by atoms with E-state index in [4.69, 9.17) is 4.74 Å². The van der Waals surface area contributed by atoms with Crippen molar-refractivity contribution in [2.45, 2.75) is 25.8 Å². The van der Waals surface area contributed by atoms with Crippen molar-refractivity contribution in [2.24, 2.45) is 0 Å². The Kier molecular flexibility index (Phi) is 6.79. The summed E-state index contributed by atoms with van der Waals surface area (Å²) >= 11 is 0. The minimum absolute atomic E-state index is 0. The van der Waals surface area contributed by atoms with Crippen molar-refractivity contribution < 1.29 is 13.9 Å². The van der Waals surface area contributed by atoms with Gasteiger partial charge in [-0.15, -0.1) is 12.4 Å². The highest BCUT2D eigenvalue weighted by molar-refractivity contribution is 5.91. The zero-order valence-electron chi connectivity index (χ0n) is 14.1. The molecular weight excluding hydrogens is 343 g/mol. The second kappa shape index (κ2) is 8.83. The number of benzene rings is 2. The summed E-state index contributed by atoms with van der Waals surface area (Å²) in [5.41, 5.74) is 3.00. The lowest BCUT2D eigenvalue weighted by molar-refractivity contribution is -0.116. The molecular formula is C19H22ClFN2O2. The summed E-state index contributed by atoms with van der Waals surface area (Å²) in [4.78, 5) is 12.1. The van der Waals surface area contributed by atoms with E-state index in [1.54, 1.807) is 13.2 Å². The van der Waals surface area contributed by atoms with Crippen LogP contribution in [0.1, 0.15) is 23.1 Å². The number of anilines is 1. The van der Waals surface area contributed by atoms with Crippen LogP contribution in [0.3, 0.4) is 0 Å². The van der Waals surface area contributed by atoms with Gasteiger partial charge in [-0.2, -0.15) is 0 Å². The number of nitrogens with one attached hydrogen (secondary N) is 2. The summed E-state index contributed by atoms with van der Waals surface area (Å²) in [5.74, 6) is 0.305. The molecule has 0 saturated carbocycles. The summed E-state index contributed by atoms with van der Waals surface area (Å²) in [7, 11) is 1.62. The van der Waals surface area contributed by atoms with Crippen LogP contribution < -0.4 is 15.4 Å². The molecule has 3 rings (SSSR count). The minimum Gasteiger partial charge on any atom is -0.497 e. The summed E-state index contributed by atoms with van der Waals surface area (Å²) in [5, 5.41) is 5.91. The molecule has 6 heteroatoms. The van der Waals surface area contributed by atoms with Crippen LogP contribution in [-0.4, -0.2) is 19.6 Å². The molecule has 25 heavy (non-hydrogen) atoms. The second-order valence-electron chi connectivity index (χ2n) is 5.89. The predicted molar refractivity (Wildman–Crippen MR) is 99.0 cm³/mol. The highest BCUT2D eigenvalue weighted by atomic mass is 35.5.